The Hall–Kier alpha value is -0.750. The molecule has 7 heteroatoms. The van der Waals surface area contributed by atoms with E-state index in [9.17, 15) is 18.7 Å². The summed E-state index contributed by atoms with van der Waals surface area (Å²) in [6, 6.07) is 0. The van der Waals surface area contributed by atoms with Gasteiger partial charge in [-0.3, -0.25) is 9.78 Å². The minimum absolute atomic E-state index is 0.159. The van der Waals surface area contributed by atoms with Crippen molar-refractivity contribution in [3.05, 3.63) is 21.9 Å². The van der Waals surface area contributed by atoms with Crippen LogP contribution >= 0.6 is 27.5 Å². The number of aromatic nitrogens is 1. The zero-order valence-electron chi connectivity index (χ0n) is 6.47. The number of pyridine rings is 1. The molecule has 0 aliphatic carbocycles. The van der Waals surface area contributed by atoms with Gasteiger partial charge in [-0.2, -0.15) is 0 Å². The molecule has 1 N–H and O–H groups in total. The van der Waals surface area contributed by atoms with Gasteiger partial charge in [0, 0.05) is 6.20 Å². The van der Waals surface area contributed by atoms with Crippen molar-refractivity contribution in [1.82, 2.24) is 4.98 Å². The molecule has 14 heavy (non-hydrogen) atoms. The van der Waals surface area contributed by atoms with E-state index in [-0.39, 0.29) is 10.0 Å². The zero-order chi connectivity index (χ0) is 10.9. The molecule has 0 saturated heterocycles. The van der Waals surface area contributed by atoms with Crippen LogP contribution in [0.5, 0.6) is 5.75 Å². The number of nitrogens with zero attached hydrogens (tertiary/aromatic N) is 1. The van der Waals surface area contributed by atoms with Crippen LogP contribution in [0, 0.1) is 0 Å². The molecule has 0 aliphatic heterocycles. The summed E-state index contributed by atoms with van der Waals surface area (Å²) in [7, 11) is 0. The van der Waals surface area contributed by atoms with Gasteiger partial charge in [-0.1, -0.05) is 0 Å². The van der Waals surface area contributed by atoms with Crippen LogP contribution in [0.4, 0.5) is 8.78 Å². The van der Waals surface area contributed by atoms with E-state index in [1.165, 1.54) is 0 Å². The van der Waals surface area contributed by atoms with E-state index in [2.05, 4.69) is 20.9 Å². The summed E-state index contributed by atoms with van der Waals surface area (Å²) in [5, 5.41) is 8.31. The Kier molecular flexibility index (Phi) is 3.38. The van der Waals surface area contributed by atoms with Crippen LogP contribution in [-0.4, -0.2) is 15.3 Å². The van der Waals surface area contributed by atoms with Gasteiger partial charge in [-0.15, -0.1) is 0 Å². The number of aromatic hydroxyl groups is 1. The van der Waals surface area contributed by atoms with Crippen LogP contribution in [0.15, 0.2) is 10.7 Å². The molecular weight excluding hydrogens is 283 g/mol. The molecule has 0 aliphatic rings. The average molecular weight is 286 g/mol. The Balaban J connectivity index is 3.33. The van der Waals surface area contributed by atoms with Crippen molar-refractivity contribution >= 4 is 32.8 Å². The highest BCUT2D eigenvalue weighted by atomic mass is 79.9. The van der Waals surface area contributed by atoms with Gasteiger partial charge in [-0.25, -0.2) is 8.78 Å². The Labute approximate surface area is 90.8 Å². The lowest BCUT2D eigenvalue weighted by atomic mass is 10.2. The van der Waals surface area contributed by atoms with Crippen molar-refractivity contribution in [3.8, 4) is 5.75 Å². The van der Waals surface area contributed by atoms with Gasteiger partial charge in [0.15, 0.2) is 5.75 Å². The van der Waals surface area contributed by atoms with E-state index in [0.717, 1.165) is 6.20 Å². The maximum absolute atomic E-state index is 12.2. The number of alkyl halides is 2. The first-order chi connectivity index (χ1) is 6.45. The second-order valence-corrected chi connectivity index (χ2v) is 3.43. The molecule has 0 amide bonds. The first-order valence-electron chi connectivity index (χ1n) is 3.30. The van der Waals surface area contributed by atoms with Gasteiger partial charge in [0.1, 0.15) is 5.69 Å². The third-order valence-electron chi connectivity index (χ3n) is 1.44. The highest BCUT2D eigenvalue weighted by Gasteiger charge is 2.21. The van der Waals surface area contributed by atoms with E-state index in [1.54, 1.807) is 0 Å². The van der Waals surface area contributed by atoms with Gasteiger partial charge >= 0.3 is 0 Å². The molecule has 0 atom stereocenters. The minimum Gasteiger partial charge on any atom is -0.505 e. The predicted octanol–water partition coefficient (Wildman–Crippen LogP) is 2.87. The number of carbonyl (C=O) groups excluding carboxylic acids is 1. The standard InChI is InChI=1S/C7H3BrClF2NO2/c8-3-2(6(9)14)1-12-4(5(3)13)7(10)11/h1,7,13H. The summed E-state index contributed by atoms with van der Waals surface area (Å²) in [6.07, 6.45) is -2.04. The molecule has 1 rings (SSSR count). The van der Waals surface area contributed by atoms with Crippen molar-refractivity contribution in [3.63, 3.8) is 0 Å². The van der Waals surface area contributed by atoms with Crippen LogP contribution in [0.25, 0.3) is 0 Å². The fourth-order valence-corrected chi connectivity index (χ4v) is 1.53. The Morgan fingerprint density at radius 2 is 2.21 bits per heavy atom. The van der Waals surface area contributed by atoms with E-state index < -0.39 is 23.1 Å². The fraction of sp³-hybridized carbons (Fsp3) is 0.143. The lowest BCUT2D eigenvalue weighted by molar-refractivity contribution is 0.107. The van der Waals surface area contributed by atoms with Gasteiger partial charge in [0.2, 0.25) is 0 Å². The molecule has 76 valence electrons. The van der Waals surface area contributed by atoms with Gasteiger partial charge in [0.05, 0.1) is 10.0 Å². The summed E-state index contributed by atoms with van der Waals surface area (Å²) in [6.45, 7) is 0. The highest BCUT2D eigenvalue weighted by molar-refractivity contribution is 9.10. The molecular formula is C7H3BrClF2NO2. The summed E-state index contributed by atoms with van der Waals surface area (Å²) in [5.74, 6) is -0.772. The number of halogens is 4. The van der Waals surface area contributed by atoms with Crippen LogP contribution in [0.3, 0.4) is 0 Å². The van der Waals surface area contributed by atoms with Crippen molar-refractivity contribution in [2.45, 2.75) is 6.43 Å². The van der Waals surface area contributed by atoms with Crippen LogP contribution in [0.2, 0.25) is 0 Å². The number of hydrogen-bond donors (Lipinski definition) is 1. The fourth-order valence-electron chi connectivity index (χ4n) is 0.789. The molecule has 1 aromatic rings. The molecule has 1 heterocycles. The lowest BCUT2D eigenvalue weighted by Gasteiger charge is -2.06. The normalized spacial score (nSPS) is 10.6. The Morgan fingerprint density at radius 1 is 1.64 bits per heavy atom. The first kappa shape index (κ1) is 11.3. The molecule has 0 unspecified atom stereocenters. The van der Waals surface area contributed by atoms with Crippen LogP contribution < -0.4 is 0 Å². The van der Waals surface area contributed by atoms with Gasteiger partial charge in [-0.05, 0) is 27.5 Å². The maximum Gasteiger partial charge on any atom is 0.284 e. The topological polar surface area (TPSA) is 50.2 Å². The highest BCUT2D eigenvalue weighted by Crippen LogP contribution is 2.35. The quantitative estimate of drug-likeness (QED) is 0.851. The van der Waals surface area contributed by atoms with E-state index in [0.29, 0.717) is 0 Å². The molecule has 3 nitrogen and oxygen atoms in total. The monoisotopic (exact) mass is 285 g/mol. The van der Waals surface area contributed by atoms with Crippen molar-refractivity contribution in [1.29, 1.82) is 0 Å². The second kappa shape index (κ2) is 4.18. The molecule has 0 aromatic carbocycles. The predicted molar refractivity (Wildman–Crippen MR) is 48.7 cm³/mol. The van der Waals surface area contributed by atoms with Crippen LogP contribution in [0.1, 0.15) is 22.5 Å². The minimum atomic E-state index is -2.91. The Bertz CT molecular complexity index is 386. The van der Waals surface area contributed by atoms with Gasteiger partial charge in [0.25, 0.3) is 11.7 Å². The smallest absolute Gasteiger partial charge is 0.284 e. The molecule has 0 bridgehead atoms. The first-order valence-corrected chi connectivity index (χ1v) is 4.47. The van der Waals surface area contributed by atoms with Crippen molar-refractivity contribution in [2.24, 2.45) is 0 Å². The summed E-state index contributed by atoms with van der Waals surface area (Å²) in [5.41, 5.74) is -0.952. The largest absolute Gasteiger partial charge is 0.505 e. The average Bonchev–Trinajstić information content (AvgIpc) is 2.08. The van der Waals surface area contributed by atoms with Crippen molar-refractivity contribution < 1.29 is 18.7 Å². The molecule has 0 fully saturated rings. The maximum atomic E-state index is 12.2. The molecule has 0 saturated carbocycles. The number of rotatable bonds is 2. The zero-order valence-corrected chi connectivity index (χ0v) is 8.81. The van der Waals surface area contributed by atoms with Gasteiger partial charge < -0.3 is 5.11 Å². The van der Waals surface area contributed by atoms with Crippen molar-refractivity contribution in [2.75, 3.05) is 0 Å². The summed E-state index contributed by atoms with van der Waals surface area (Å²) in [4.78, 5) is 13.9. The molecule has 0 spiro atoms. The molecule has 1 aromatic heterocycles. The second-order valence-electron chi connectivity index (χ2n) is 2.29. The third kappa shape index (κ3) is 2.01. The van der Waals surface area contributed by atoms with E-state index >= 15 is 0 Å². The Morgan fingerprint density at radius 3 is 2.64 bits per heavy atom. The number of hydrogen-bond acceptors (Lipinski definition) is 3. The summed E-state index contributed by atoms with van der Waals surface area (Å²) >= 11 is 7.88. The van der Waals surface area contributed by atoms with E-state index in [1.807, 2.05) is 0 Å². The van der Waals surface area contributed by atoms with Crippen LogP contribution in [-0.2, 0) is 0 Å². The number of carbonyl (C=O) groups is 1. The molecule has 0 radical (unpaired) electrons. The summed E-state index contributed by atoms with van der Waals surface area (Å²) < 4.78 is 24.2. The third-order valence-corrected chi connectivity index (χ3v) is 2.44. The van der Waals surface area contributed by atoms with E-state index in [4.69, 9.17) is 11.6 Å². The lowest BCUT2D eigenvalue weighted by Crippen LogP contribution is -1.98. The SMILES string of the molecule is O=C(Cl)c1cnc(C(F)F)c(O)c1Br.